The molecule has 0 bridgehead atoms. The third kappa shape index (κ3) is 3.32. The van der Waals surface area contributed by atoms with Crippen molar-refractivity contribution in [2.45, 2.75) is 40.3 Å². The molecule has 1 aliphatic rings. The van der Waals surface area contributed by atoms with Gasteiger partial charge in [0, 0.05) is 18.7 Å². The lowest BCUT2D eigenvalue weighted by Crippen LogP contribution is -2.43. The number of aromatic nitrogens is 4. The van der Waals surface area contributed by atoms with E-state index in [1.54, 1.807) is 21.8 Å². The van der Waals surface area contributed by atoms with Crippen LogP contribution in [0.15, 0.2) is 42.6 Å². The Hall–Kier alpha value is -2.73. The summed E-state index contributed by atoms with van der Waals surface area (Å²) in [6.45, 7) is 4.34. The van der Waals surface area contributed by atoms with Gasteiger partial charge in [0.25, 0.3) is 5.91 Å². The van der Waals surface area contributed by atoms with Gasteiger partial charge in [-0.05, 0) is 37.6 Å². The number of carbonyl (C=O) groups excluding carboxylic acids is 1. The standard InChI is InChI=1S/C19H18ClN5O.CH4/c1-12-6-5-7-14(18(12)20)19(26)24-11-15-16(10-13(24)2)25(23-22-15)17-8-3-4-9-21-17;/h3-9,13H,10-11H2,1-2H3;1H4/t13-;/m1./s1. The predicted molar refractivity (Wildman–Crippen MR) is 105 cm³/mol. The summed E-state index contributed by atoms with van der Waals surface area (Å²) in [4.78, 5) is 19.2. The minimum Gasteiger partial charge on any atom is -0.329 e. The number of fused-ring (bicyclic) bond motifs is 1. The van der Waals surface area contributed by atoms with E-state index in [9.17, 15) is 4.79 Å². The molecule has 0 saturated carbocycles. The first-order chi connectivity index (χ1) is 12.6. The minimum atomic E-state index is -0.0794. The van der Waals surface area contributed by atoms with Crippen LogP contribution in [0.3, 0.4) is 0 Å². The molecular formula is C20H22ClN5O. The summed E-state index contributed by atoms with van der Waals surface area (Å²) < 4.78 is 1.76. The number of benzene rings is 1. The van der Waals surface area contributed by atoms with Gasteiger partial charge in [0.1, 0.15) is 5.69 Å². The van der Waals surface area contributed by atoms with Crippen molar-refractivity contribution in [1.82, 2.24) is 24.9 Å². The molecule has 0 fully saturated rings. The molecule has 7 heteroatoms. The van der Waals surface area contributed by atoms with Crippen LogP contribution in [0.1, 0.15) is 41.7 Å². The highest BCUT2D eigenvalue weighted by Crippen LogP contribution is 2.28. The van der Waals surface area contributed by atoms with Crippen molar-refractivity contribution in [3.05, 3.63) is 70.1 Å². The summed E-state index contributed by atoms with van der Waals surface area (Å²) in [5, 5.41) is 9.03. The summed E-state index contributed by atoms with van der Waals surface area (Å²) >= 11 is 6.35. The van der Waals surface area contributed by atoms with E-state index in [2.05, 4.69) is 15.3 Å². The number of amides is 1. The molecule has 1 aromatic carbocycles. The zero-order valence-electron chi connectivity index (χ0n) is 14.6. The second-order valence-electron chi connectivity index (χ2n) is 6.51. The molecule has 0 aliphatic carbocycles. The largest absolute Gasteiger partial charge is 0.329 e. The average molecular weight is 384 g/mol. The zero-order chi connectivity index (χ0) is 18.3. The van der Waals surface area contributed by atoms with Crippen LogP contribution >= 0.6 is 11.6 Å². The van der Waals surface area contributed by atoms with Crippen molar-refractivity contribution in [2.24, 2.45) is 0 Å². The highest BCUT2D eigenvalue weighted by Gasteiger charge is 2.32. The lowest BCUT2D eigenvalue weighted by molar-refractivity contribution is 0.0653. The normalized spacial score (nSPS) is 15.8. The highest BCUT2D eigenvalue weighted by atomic mass is 35.5. The smallest absolute Gasteiger partial charge is 0.255 e. The molecular weight excluding hydrogens is 362 g/mol. The third-order valence-corrected chi connectivity index (χ3v) is 5.24. The van der Waals surface area contributed by atoms with Crippen LogP contribution in [0.5, 0.6) is 0 Å². The van der Waals surface area contributed by atoms with E-state index in [-0.39, 0.29) is 19.4 Å². The van der Waals surface area contributed by atoms with E-state index in [1.165, 1.54) is 0 Å². The monoisotopic (exact) mass is 383 g/mol. The molecule has 0 unspecified atom stereocenters. The maximum atomic E-state index is 13.0. The van der Waals surface area contributed by atoms with Gasteiger partial charge in [-0.15, -0.1) is 5.10 Å². The Balaban J connectivity index is 0.00000210. The van der Waals surface area contributed by atoms with Crippen molar-refractivity contribution in [1.29, 1.82) is 0 Å². The number of nitrogens with zero attached hydrogens (tertiary/aromatic N) is 5. The Bertz CT molecular complexity index is 970. The van der Waals surface area contributed by atoms with Crippen LogP contribution in [-0.2, 0) is 13.0 Å². The SMILES string of the molecule is C.Cc1cccc(C(=O)N2Cc3nnn(-c4ccccn4)c3C[C@H]2C)c1Cl. The van der Waals surface area contributed by atoms with Gasteiger partial charge in [0.2, 0.25) is 0 Å². The fourth-order valence-electron chi connectivity index (χ4n) is 3.27. The van der Waals surface area contributed by atoms with E-state index in [1.807, 2.05) is 44.2 Å². The maximum absolute atomic E-state index is 13.0. The molecule has 0 N–H and O–H groups in total. The average Bonchev–Trinajstić information content (AvgIpc) is 3.06. The minimum absolute atomic E-state index is 0. The van der Waals surface area contributed by atoms with Crippen molar-refractivity contribution >= 4 is 17.5 Å². The Morgan fingerprint density at radius 3 is 2.78 bits per heavy atom. The quantitative estimate of drug-likeness (QED) is 0.674. The fourth-order valence-corrected chi connectivity index (χ4v) is 3.48. The van der Waals surface area contributed by atoms with Crippen molar-refractivity contribution in [2.75, 3.05) is 0 Å². The number of halogens is 1. The molecule has 3 heterocycles. The summed E-state index contributed by atoms with van der Waals surface area (Å²) in [5.74, 6) is 0.652. The lowest BCUT2D eigenvalue weighted by atomic mass is 10.0. The first-order valence-corrected chi connectivity index (χ1v) is 8.85. The summed E-state index contributed by atoms with van der Waals surface area (Å²) in [5.41, 5.74) is 3.21. The second kappa shape index (κ2) is 7.48. The topological polar surface area (TPSA) is 63.9 Å². The van der Waals surface area contributed by atoms with Gasteiger partial charge in [-0.2, -0.15) is 4.68 Å². The van der Waals surface area contributed by atoms with E-state index in [0.29, 0.717) is 23.6 Å². The molecule has 6 nitrogen and oxygen atoms in total. The van der Waals surface area contributed by atoms with Crippen molar-refractivity contribution < 1.29 is 4.79 Å². The summed E-state index contributed by atoms with van der Waals surface area (Å²) in [6.07, 6.45) is 2.39. The first-order valence-electron chi connectivity index (χ1n) is 8.47. The Kier molecular flexibility index (Phi) is 5.28. The molecule has 1 amide bonds. The number of hydrogen-bond donors (Lipinski definition) is 0. The zero-order valence-corrected chi connectivity index (χ0v) is 15.3. The lowest BCUT2D eigenvalue weighted by Gasteiger charge is -2.33. The van der Waals surface area contributed by atoms with E-state index >= 15 is 0 Å². The molecule has 0 saturated heterocycles. The predicted octanol–water partition coefficient (Wildman–Crippen LogP) is 3.85. The van der Waals surface area contributed by atoms with Crippen LogP contribution in [-0.4, -0.2) is 36.8 Å². The Morgan fingerprint density at radius 2 is 2.04 bits per heavy atom. The molecule has 0 spiro atoms. The van der Waals surface area contributed by atoms with Crippen LogP contribution in [0, 0.1) is 6.92 Å². The fraction of sp³-hybridized carbons (Fsp3) is 0.300. The van der Waals surface area contributed by atoms with Gasteiger partial charge in [-0.1, -0.05) is 42.4 Å². The maximum Gasteiger partial charge on any atom is 0.255 e. The van der Waals surface area contributed by atoms with Gasteiger partial charge in [0.05, 0.1) is 22.8 Å². The Labute approximate surface area is 163 Å². The van der Waals surface area contributed by atoms with Gasteiger partial charge < -0.3 is 4.90 Å². The van der Waals surface area contributed by atoms with Crippen LogP contribution in [0.4, 0.5) is 0 Å². The summed E-state index contributed by atoms with van der Waals surface area (Å²) in [7, 11) is 0. The van der Waals surface area contributed by atoms with E-state index in [4.69, 9.17) is 11.6 Å². The van der Waals surface area contributed by atoms with Crippen LogP contribution in [0.2, 0.25) is 5.02 Å². The van der Waals surface area contributed by atoms with Gasteiger partial charge in [-0.3, -0.25) is 4.79 Å². The Morgan fingerprint density at radius 1 is 1.22 bits per heavy atom. The number of aryl methyl sites for hydroxylation is 1. The van der Waals surface area contributed by atoms with Gasteiger partial charge >= 0.3 is 0 Å². The molecule has 3 aromatic rings. The molecule has 4 rings (SSSR count). The van der Waals surface area contributed by atoms with Gasteiger partial charge in [-0.25, -0.2) is 4.98 Å². The number of hydrogen-bond acceptors (Lipinski definition) is 4. The number of rotatable bonds is 2. The molecule has 1 atom stereocenters. The third-order valence-electron chi connectivity index (χ3n) is 4.73. The molecule has 2 aromatic heterocycles. The van der Waals surface area contributed by atoms with E-state index in [0.717, 1.165) is 22.8 Å². The summed E-state index contributed by atoms with van der Waals surface area (Å²) in [6, 6.07) is 11.2. The van der Waals surface area contributed by atoms with Crippen LogP contribution < -0.4 is 0 Å². The molecule has 1 aliphatic heterocycles. The molecule has 27 heavy (non-hydrogen) atoms. The van der Waals surface area contributed by atoms with Crippen LogP contribution in [0.25, 0.3) is 5.82 Å². The number of carbonyl (C=O) groups is 1. The van der Waals surface area contributed by atoms with Gasteiger partial charge in [0.15, 0.2) is 5.82 Å². The van der Waals surface area contributed by atoms with Crippen molar-refractivity contribution in [3.8, 4) is 5.82 Å². The van der Waals surface area contributed by atoms with E-state index < -0.39 is 0 Å². The molecule has 140 valence electrons. The second-order valence-corrected chi connectivity index (χ2v) is 6.88. The van der Waals surface area contributed by atoms with Crippen molar-refractivity contribution in [3.63, 3.8) is 0 Å². The first kappa shape index (κ1) is 19.0. The number of pyridine rings is 1. The molecule has 0 radical (unpaired) electrons. The highest BCUT2D eigenvalue weighted by molar-refractivity contribution is 6.34.